The van der Waals surface area contributed by atoms with Crippen LogP contribution in [-0.2, 0) is 11.2 Å². The highest BCUT2D eigenvalue weighted by molar-refractivity contribution is 5.86. The van der Waals surface area contributed by atoms with Gasteiger partial charge < -0.3 is 35.8 Å². The van der Waals surface area contributed by atoms with Gasteiger partial charge in [0.1, 0.15) is 12.1 Å². The predicted molar refractivity (Wildman–Crippen MR) is 98.4 cm³/mol. The number of fused-ring (bicyclic) bond motifs is 1. The third-order valence-electron chi connectivity index (χ3n) is 5.66. The molecule has 2 aromatic rings. The Morgan fingerprint density at radius 3 is 2.56 bits per heavy atom. The summed E-state index contributed by atoms with van der Waals surface area (Å²) in [7, 11) is 1.57. The number of aromatic amines is 1. The first-order chi connectivity index (χ1) is 12.9. The van der Waals surface area contributed by atoms with E-state index >= 15 is 0 Å². The second kappa shape index (κ2) is 7.95. The number of aliphatic hydroxyl groups is 4. The van der Waals surface area contributed by atoms with Crippen LogP contribution in [0.25, 0.3) is 10.9 Å². The smallest absolute Gasteiger partial charge is 0.321 e. The largest absolute Gasteiger partial charge is 0.480 e. The predicted octanol–water partition coefficient (Wildman–Crippen LogP) is -0.438. The summed E-state index contributed by atoms with van der Waals surface area (Å²) in [6, 6.07) is 6.63. The van der Waals surface area contributed by atoms with E-state index in [1.54, 1.807) is 7.05 Å². The lowest BCUT2D eigenvalue weighted by atomic mass is 9.73. The second-order valence-corrected chi connectivity index (χ2v) is 7.20. The van der Waals surface area contributed by atoms with E-state index in [0.717, 1.165) is 16.5 Å². The van der Waals surface area contributed by atoms with Crippen molar-refractivity contribution in [2.75, 3.05) is 13.7 Å². The molecule has 1 aromatic carbocycles. The van der Waals surface area contributed by atoms with Crippen LogP contribution in [0.2, 0.25) is 0 Å². The third-order valence-corrected chi connectivity index (χ3v) is 5.66. The van der Waals surface area contributed by atoms with Crippen molar-refractivity contribution in [2.45, 2.75) is 43.1 Å². The summed E-state index contributed by atoms with van der Waals surface area (Å²) >= 11 is 0. The number of carboxylic acids is 1. The van der Waals surface area contributed by atoms with Gasteiger partial charge in [0.05, 0.1) is 12.2 Å². The fraction of sp³-hybridized carbons (Fsp3) is 0.526. The number of hydrogen-bond acceptors (Lipinski definition) is 6. The summed E-state index contributed by atoms with van der Waals surface area (Å²) in [5.74, 6) is -2.12. The van der Waals surface area contributed by atoms with Gasteiger partial charge in [0, 0.05) is 41.5 Å². The summed E-state index contributed by atoms with van der Waals surface area (Å²) < 4.78 is 0. The zero-order valence-corrected chi connectivity index (χ0v) is 15.0. The Morgan fingerprint density at radius 1 is 1.22 bits per heavy atom. The van der Waals surface area contributed by atoms with E-state index in [9.17, 15) is 30.3 Å². The molecule has 1 fully saturated rings. The number of H-pyrrole nitrogens is 1. The highest BCUT2D eigenvalue weighted by Gasteiger charge is 2.44. The van der Waals surface area contributed by atoms with Crippen LogP contribution in [0.15, 0.2) is 24.3 Å². The molecule has 0 amide bonds. The molecule has 0 unspecified atom stereocenters. The normalized spacial score (nSPS) is 29.7. The Hall–Kier alpha value is -1.97. The molecule has 27 heavy (non-hydrogen) atoms. The lowest BCUT2D eigenvalue weighted by Gasteiger charge is -2.40. The van der Waals surface area contributed by atoms with E-state index < -0.39 is 42.2 Å². The first-order valence-electron chi connectivity index (χ1n) is 9.03. The topological polar surface area (TPSA) is 146 Å². The van der Waals surface area contributed by atoms with Crippen LogP contribution in [0.3, 0.4) is 0 Å². The van der Waals surface area contributed by atoms with Crippen LogP contribution in [0.5, 0.6) is 0 Å². The summed E-state index contributed by atoms with van der Waals surface area (Å²) in [5, 5.41) is 53.5. The first-order valence-corrected chi connectivity index (χ1v) is 9.03. The standard InChI is InChI=1S/C19H26N2O6/c1-20-14(19(26)27)7-11-10-4-2-3-5-13(10)21-15(11)12-6-9(8-22)16(23)18(25)17(12)24/h2-5,9,12,14,16-18,20-25H,6-8H2,1H3,(H,26,27)/t9-,12-,14+,16-,17-,18+/m1/s1. The molecule has 0 saturated heterocycles. The van der Waals surface area contributed by atoms with E-state index in [4.69, 9.17) is 0 Å². The maximum Gasteiger partial charge on any atom is 0.321 e. The van der Waals surface area contributed by atoms with Crippen molar-refractivity contribution >= 4 is 16.9 Å². The van der Waals surface area contributed by atoms with Crippen LogP contribution in [-0.4, -0.2) is 74.5 Å². The van der Waals surface area contributed by atoms with Gasteiger partial charge in [-0.25, -0.2) is 0 Å². The molecule has 0 bridgehead atoms. The molecule has 3 rings (SSSR count). The average molecular weight is 378 g/mol. The Labute approximate surface area is 156 Å². The van der Waals surface area contributed by atoms with Crippen molar-refractivity contribution in [1.29, 1.82) is 0 Å². The zero-order chi connectivity index (χ0) is 19.7. The van der Waals surface area contributed by atoms with Crippen molar-refractivity contribution in [2.24, 2.45) is 5.92 Å². The Morgan fingerprint density at radius 2 is 1.93 bits per heavy atom. The molecule has 6 atom stereocenters. The first kappa shape index (κ1) is 19.8. The van der Waals surface area contributed by atoms with E-state index in [1.807, 2.05) is 24.3 Å². The van der Waals surface area contributed by atoms with Crippen LogP contribution < -0.4 is 5.32 Å². The quantitative estimate of drug-likeness (QED) is 0.361. The van der Waals surface area contributed by atoms with Gasteiger partial charge in [0.15, 0.2) is 0 Å². The van der Waals surface area contributed by atoms with Gasteiger partial charge in [-0.1, -0.05) is 18.2 Å². The van der Waals surface area contributed by atoms with Gasteiger partial charge in [-0.2, -0.15) is 0 Å². The van der Waals surface area contributed by atoms with Crippen LogP contribution in [0, 0.1) is 5.92 Å². The summed E-state index contributed by atoms with van der Waals surface area (Å²) in [4.78, 5) is 14.8. The minimum absolute atomic E-state index is 0.191. The lowest BCUT2D eigenvalue weighted by molar-refractivity contribution is -0.139. The Bertz CT molecular complexity index is 805. The number of aliphatic carboxylic acids is 1. The van der Waals surface area contributed by atoms with Crippen molar-refractivity contribution in [3.63, 3.8) is 0 Å². The molecule has 1 saturated carbocycles. The minimum atomic E-state index is -1.39. The fourth-order valence-electron chi connectivity index (χ4n) is 4.07. The van der Waals surface area contributed by atoms with Crippen LogP contribution in [0.1, 0.15) is 23.6 Å². The van der Waals surface area contributed by atoms with Gasteiger partial charge in [-0.3, -0.25) is 4.79 Å². The number of benzene rings is 1. The van der Waals surface area contributed by atoms with Gasteiger partial charge in [-0.15, -0.1) is 0 Å². The number of aromatic nitrogens is 1. The number of para-hydroxylation sites is 1. The molecule has 8 nitrogen and oxygen atoms in total. The van der Waals surface area contributed by atoms with Crippen LogP contribution >= 0.6 is 0 Å². The number of aliphatic hydroxyl groups excluding tert-OH is 4. The molecule has 0 spiro atoms. The number of nitrogens with one attached hydrogen (secondary N) is 2. The summed E-state index contributed by atoms with van der Waals surface area (Å²) in [6.45, 7) is -0.314. The molecule has 1 aromatic heterocycles. The molecule has 0 radical (unpaired) electrons. The Balaban J connectivity index is 2.07. The summed E-state index contributed by atoms with van der Waals surface area (Å²) in [5.41, 5.74) is 2.18. The second-order valence-electron chi connectivity index (χ2n) is 7.20. The molecule has 1 heterocycles. The molecular formula is C19H26N2O6. The third kappa shape index (κ3) is 3.59. The van der Waals surface area contributed by atoms with Gasteiger partial charge in [0.25, 0.3) is 0 Å². The van der Waals surface area contributed by atoms with E-state index in [1.165, 1.54) is 0 Å². The van der Waals surface area contributed by atoms with Crippen molar-refractivity contribution in [1.82, 2.24) is 10.3 Å². The van der Waals surface area contributed by atoms with Crippen molar-refractivity contribution in [3.8, 4) is 0 Å². The lowest BCUT2D eigenvalue weighted by Crippen LogP contribution is -2.51. The monoisotopic (exact) mass is 378 g/mol. The van der Waals surface area contributed by atoms with Crippen LogP contribution in [0.4, 0.5) is 0 Å². The average Bonchev–Trinajstić information content (AvgIpc) is 3.02. The highest BCUT2D eigenvalue weighted by atomic mass is 16.4. The number of carbonyl (C=O) groups is 1. The molecule has 148 valence electrons. The van der Waals surface area contributed by atoms with E-state index in [2.05, 4.69) is 10.3 Å². The van der Waals surface area contributed by atoms with E-state index in [0.29, 0.717) is 5.69 Å². The number of rotatable bonds is 6. The molecule has 1 aliphatic rings. The van der Waals surface area contributed by atoms with E-state index in [-0.39, 0.29) is 19.4 Å². The fourth-order valence-corrected chi connectivity index (χ4v) is 4.07. The maximum atomic E-state index is 11.5. The molecule has 8 heteroatoms. The van der Waals surface area contributed by atoms with Gasteiger partial charge >= 0.3 is 5.97 Å². The van der Waals surface area contributed by atoms with Crippen molar-refractivity contribution < 1.29 is 30.3 Å². The van der Waals surface area contributed by atoms with Gasteiger partial charge in [-0.05, 0) is 25.1 Å². The maximum absolute atomic E-state index is 11.5. The number of hydrogen-bond donors (Lipinski definition) is 7. The molecule has 1 aliphatic carbocycles. The number of carboxylic acid groups (broad SMARTS) is 1. The van der Waals surface area contributed by atoms with Gasteiger partial charge in [0.2, 0.25) is 0 Å². The minimum Gasteiger partial charge on any atom is -0.480 e. The molecular weight excluding hydrogens is 352 g/mol. The summed E-state index contributed by atoms with van der Waals surface area (Å²) in [6.07, 6.45) is -3.37. The SMILES string of the molecule is CN[C@@H](Cc1c([C@H]2C[C@H](CO)[C@@H](O)[C@H](O)[C@@H]2O)[nH]c2ccccc12)C(=O)O. The highest BCUT2D eigenvalue weighted by Crippen LogP contribution is 2.40. The van der Waals surface area contributed by atoms with Crippen molar-refractivity contribution in [3.05, 3.63) is 35.5 Å². The molecule has 7 N–H and O–H groups in total. The number of likely N-dealkylation sites (N-methyl/N-ethyl adjacent to an activating group) is 1. The molecule has 0 aliphatic heterocycles. The zero-order valence-electron chi connectivity index (χ0n) is 15.0. The Kier molecular flexibility index (Phi) is 5.83.